The molecule has 0 saturated carbocycles. The highest BCUT2D eigenvalue weighted by molar-refractivity contribution is 8.00. The van der Waals surface area contributed by atoms with Crippen molar-refractivity contribution in [2.24, 2.45) is 0 Å². The van der Waals surface area contributed by atoms with Crippen molar-refractivity contribution in [2.75, 3.05) is 4.90 Å². The standard InChI is InChI=1S/C75H45NS3/c1-4-24-51-47(21-1)48-44-43-46(45-62(48)75(51)58-31-11-17-41-69(58)79-70-42-18-12-32-59(70)75)76(63-35-19-33-60-71(63)49-22-2-5-25-52(49)73(60)54-27-7-13-37-65(54)77-66-38-14-8-28-55(66)73)64-36-20-34-61-72(64)50-23-3-6-26-53(50)74(61)56-29-9-15-39-67(56)78-68-40-16-10-30-57(68)74/h1-45H. The van der Waals surface area contributed by atoms with Gasteiger partial charge in [-0.05, 0) is 150 Å². The van der Waals surface area contributed by atoms with Crippen molar-refractivity contribution in [3.05, 3.63) is 340 Å². The molecule has 368 valence electrons. The van der Waals surface area contributed by atoms with Crippen LogP contribution in [-0.4, -0.2) is 0 Å². The lowest BCUT2D eigenvalue weighted by atomic mass is 9.67. The van der Waals surface area contributed by atoms with Crippen LogP contribution in [0.2, 0.25) is 0 Å². The maximum Gasteiger partial charge on any atom is 0.0736 e. The van der Waals surface area contributed by atoms with Gasteiger partial charge in [-0.3, -0.25) is 0 Å². The number of hydrogen-bond acceptors (Lipinski definition) is 4. The highest BCUT2D eigenvalue weighted by atomic mass is 32.2. The molecule has 6 aliphatic rings. The molecule has 0 bridgehead atoms. The Labute approximate surface area is 472 Å². The van der Waals surface area contributed by atoms with Crippen LogP contribution in [0.15, 0.2) is 302 Å². The van der Waals surface area contributed by atoms with Gasteiger partial charge >= 0.3 is 0 Å². The Morgan fingerprint density at radius 1 is 0.215 bits per heavy atom. The van der Waals surface area contributed by atoms with Gasteiger partial charge in [0.25, 0.3) is 0 Å². The molecule has 0 saturated heterocycles. The van der Waals surface area contributed by atoms with E-state index in [1.807, 2.05) is 35.3 Å². The first-order chi connectivity index (χ1) is 39.2. The second-order valence-corrected chi connectivity index (χ2v) is 24.9. The number of benzene rings is 12. The quantitative estimate of drug-likeness (QED) is 0.173. The van der Waals surface area contributed by atoms with Crippen LogP contribution in [-0.2, 0) is 16.2 Å². The Bertz CT molecular complexity index is 4310. The summed E-state index contributed by atoms with van der Waals surface area (Å²) in [6, 6.07) is 105. The minimum Gasteiger partial charge on any atom is -0.309 e. The third kappa shape index (κ3) is 5.52. The number of nitrogens with zero attached hydrogens (tertiary/aromatic N) is 1. The minimum absolute atomic E-state index is 0.550. The molecule has 0 radical (unpaired) electrons. The van der Waals surface area contributed by atoms with Crippen LogP contribution >= 0.6 is 35.3 Å². The first kappa shape index (κ1) is 44.5. The molecular formula is C75H45NS3. The summed E-state index contributed by atoms with van der Waals surface area (Å²) in [6.45, 7) is 0. The van der Waals surface area contributed by atoms with Crippen LogP contribution < -0.4 is 4.90 Å². The second-order valence-electron chi connectivity index (χ2n) is 21.6. The van der Waals surface area contributed by atoms with Gasteiger partial charge in [-0.1, -0.05) is 248 Å². The summed E-state index contributed by atoms with van der Waals surface area (Å²) in [7, 11) is 0. The Morgan fingerprint density at radius 3 is 0.873 bits per heavy atom. The van der Waals surface area contributed by atoms with E-state index in [1.165, 1.54) is 130 Å². The maximum atomic E-state index is 2.68. The minimum atomic E-state index is -0.559. The average molecular weight is 1060 g/mol. The van der Waals surface area contributed by atoms with E-state index in [9.17, 15) is 0 Å². The van der Waals surface area contributed by atoms with Crippen LogP contribution in [0, 0.1) is 0 Å². The summed E-state index contributed by atoms with van der Waals surface area (Å²) >= 11 is 5.70. The molecule has 3 heterocycles. The van der Waals surface area contributed by atoms with Gasteiger partial charge < -0.3 is 4.90 Å². The third-order valence-corrected chi connectivity index (χ3v) is 21.7. The molecule has 79 heavy (non-hydrogen) atoms. The molecule has 18 rings (SSSR count). The van der Waals surface area contributed by atoms with Crippen molar-refractivity contribution < 1.29 is 0 Å². The lowest BCUT2D eigenvalue weighted by Crippen LogP contribution is -2.32. The first-order valence-corrected chi connectivity index (χ1v) is 29.8. The van der Waals surface area contributed by atoms with Crippen molar-refractivity contribution in [1.29, 1.82) is 0 Å². The smallest absolute Gasteiger partial charge is 0.0736 e. The SMILES string of the molecule is c1ccc2c(c1)Sc1ccccc1C21c2ccccc2-c2ccc(N(c3cccc4c3-c3ccccc3C43c4ccccc4Sc4ccccc43)c3cccc4c3-c3ccccc3C43c4ccccc4Sc4ccccc43)cc21. The molecule has 12 aromatic carbocycles. The maximum absolute atomic E-state index is 2.68. The van der Waals surface area contributed by atoms with Crippen LogP contribution in [0.3, 0.4) is 0 Å². The molecule has 0 fully saturated rings. The molecule has 12 aromatic rings. The van der Waals surface area contributed by atoms with Gasteiger partial charge in [0.2, 0.25) is 0 Å². The van der Waals surface area contributed by atoms with Crippen LogP contribution in [0.4, 0.5) is 17.1 Å². The Balaban J connectivity index is 0.984. The summed E-state index contributed by atoms with van der Waals surface area (Å²) in [6.07, 6.45) is 0. The van der Waals surface area contributed by atoms with Gasteiger partial charge in [0.05, 0.1) is 27.6 Å². The summed E-state index contributed by atoms with van der Waals surface area (Å²) in [5, 5.41) is 0. The van der Waals surface area contributed by atoms with E-state index in [-0.39, 0.29) is 0 Å². The molecule has 4 heteroatoms. The molecule has 0 unspecified atom stereocenters. The summed E-state index contributed by atoms with van der Waals surface area (Å²) in [4.78, 5) is 10.5. The van der Waals surface area contributed by atoms with E-state index in [4.69, 9.17) is 0 Å². The van der Waals surface area contributed by atoms with Crippen molar-refractivity contribution in [3.63, 3.8) is 0 Å². The third-order valence-electron chi connectivity index (χ3n) is 18.3. The van der Waals surface area contributed by atoms with Crippen molar-refractivity contribution >= 4 is 52.3 Å². The van der Waals surface area contributed by atoms with Gasteiger partial charge in [0.1, 0.15) is 0 Å². The number of anilines is 3. The zero-order chi connectivity index (χ0) is 51.6. The molecule has 3 spiro atoms. The molecule has 0 atom stereocenters. The molecular weight excluding hydrogens is 1010 g/mol. The predicted molar refractivity (Wildman–Crippen MR) is 325 cm³/mol. The molecule has 0 amide bonds. The van der Waals surface area contributed by atoms with Crippen molar-refractivity contribution in [1.82, 2.24) is 0 Å². The second kappa shape index (κ2) is 16.3. The number of rotatable bonds is 3. The Kier molecular flexibility index (Phi) is 9.17. The fourth-order valence-corrected chi connectivity index (χ4v) is 19.1. The highest BCUT2D eigenvalue weighted by Gasteiger charge is 2.55. The van der Waals surface area contributed by atoms with Crippen LogP contribution in [0.1, 0.15) is 66.8 Å². The van der Waals surface area contributed by atoms with Crippen molar-refractivity contribution in [2.45, 2.75) is 45.6 Å². The highest BCUT2D eigenvalue weighted by Crippen LogP contribution is 2.68. The normalized spacial score (nSPS) is 15.5. The predicted octanol–water partition coefficient (Wildman–Crippen LogP) is 19.6. The van der Waals surface area contributed by atoms with Crippen LogP contribution in [0.5, 0.6) is 0 Å². The lowest BCUT2D eigenvalue weighted by Gasteiger charge is -2.40. The molecule has 0 N–H and O–H groups in total. The average Bonchev–Trinajstić information content (AvgIpc) is 4.22. The zero-order valence-corrected chi connectivity index (χ0v) is 45.1. The van der Waals surface area contributed by atoms with E-state index >= 15 is 0 Å². The van der Waals surface area contributed by atoms with E-state index in [2.05, 4.69) is 278 Å². The van der Waals surface area contributed by atoms with Gasteiger partial charge in [0, 0.05) is 46.2 Å². The molecule has 3 aliphatic heterocycles. The van der Waals surface area contributed by atoms with Gasteiger partial charge in [-0.15, -0.1) is 0 Å². The van der Waals surface area contributed by atoms with E-state index in [0.29, 0.717) is 0 Å². The summed E-state index contributed by atoms with van der Waals surface area (Å²) in [5.74, 6) is 0. The number of hydrogen-bond donors (Lipinski definition) is 0. The molecule has 1 nitrogen and oxygen atoms in total. The van der Waals surface area contributed by atoms with E-state index < -0.39 is 16.2 Å². The number of fused-ring (bicyclic) bond motifs is 27. The Hall–Kier alpha value is -8.51. The largest absolute Gasteiger partial charge is 0.309 e. The van der Waals surface area contributed by atoms with Gasteiger partial charge in [0.15, 0.2) is 0 Å². The van der Waals surface area contributed by atoms with Crippen molar-refractivity contribution in [3.8, 4) is 33.4 Å². The zero-order valence-electron chi connectivity index (χ0n) is 42.7. The fourth-order valence-electron chi connectivity index (χ4n) is 15.5. The topological polar surface area (TPSA) is 3.24 Å². The van der Waals surface area contributed by atoms with Gasteiger partial charge in [-0.2, -0.15) is 0 Å². The molecule has 0 aromatic heterocycles. The summed E-state index contributed by atoms with van der Waals surface area (Å²) < 4.78 is 0. The monoisotopic (exact) mass is 1060 g/mol. The first-order valence-electron chi connectivity index (χ1n) is 27.3. The van der Waals surface area contributed by atoms with Gasteiger partial charge in [-0.25, -0.2) is 0 Å². The van der Waals surface area contributed by atoms with Crippen LogP contribution in [0.25, 0.3) is 33.4 Å². The lowest BCUT2D eigenvalue weighted by molar-refractivity contribution is 0.721. The molecule has 3 aliphatic carbocycles. The van der Waals surface area contributed by atoms with E-state index in [1.54, 1.807) is 0 Å². The summed E-state index contributed by atoms with van der Waals surface area (Å²) in [5.41, 5.74) is 25.3. The fraction of sp³-hybridized carbons (Fsp3) is 0.0400. The Morgan fingerprint density at radius 2 is 0.494 bits per heavy atom. The van der Waals surface area contributed by atoms with E-state index in [0.717, 1.165) is 17.1 Å².